The average Bonchev–Trinajstić information content (AvgIpc) is 2.93. The lowest BCUT2D eigenvalue weighted by Gasteiger charge is -2.38. The predicted molar refractivity (Wildman–Crippen MR) is 155 cm³/mol. The molecule has 1 aliphatic rings. The number of nitrogens with zero attached hydrogens (tertiary/aromatic N) is 3. The number of benzene rings is 3. The third kappa shape index (κ3) is 6.31. The minimum atomic E-state index is -0.410. The van der Waals surface area contributed by atoms with Crippen LogP contribution in [0.25, 0.3) is 0 Å². The Labute approximate surface area is 229 Å². The Morgan fingerprint density at radius 3 is 2.11 bits per heavy atom. The first-order valence-electron chi connectivity index (χ1n) is 12.8. The highest BCUT2D eigenvalue weighted by Crippen LogP contribution is 2.31. The molecule has 1 fully saturated rings. The van der Waals surface area contributed by atoms with Crippen molar-refractivity contribution in [2.24, 2.45) is 0 Å². The molecule has 0 unspecified atom stereocenters. The molecule has 38 heavy (non-hydrogen) atoms. The molecule has 3 aromatic carbocycles. The summed E-state index contributed by atoms with van der Waals surface area (Å²) in [5.41, 5.74) is 3.62. The van der Waals surface area contributed by atoms with Gasteiger partial charge in [-0.25, -0.2) is 4.79 Å². The highest BCUT2D eigenvalue weighted by Gasteiger charge is 2.25. The fourth-order valence-electron chi connectivity index (χ4n) is 4.68. The number of methoxy groups -OCH3 is 1. The molecule has 0 spiro atoms. The van der Waals surface area contributed by atoms with Crippen LogP contribution in [0.2, 0.25) is 5.02 Å². The van der Waals surface area contributed by atoms with E-state index >= 15 is 0 Å². The highest BCUT2D eigenvalue weighted by molar-refractivity contribution is 6.30. The lowest BCUT2D eigenvalue weighted by Crippen LogP contribution is -2.47. The molecule has 1 saturated heterocycles. The van der Waals surface area contributed by atoms with Crippen LogP contribution in [-0.2, 0) is 0 Å². The Balaban J connectivity index is 1.54. The number of halogens is 1. The molecule has 200 valence electrons. The molecule has 0 radical (unpaired) electrons. The summed E-state index contributed by atoms with van der Waals surface area (Å²) in [5.74, 6) is 0.792. The second-order valence-corrected chi connectivity index (χ2v) is 9.38. The van der Waals surface area contributed by atoms with Crippen molar-refractivity contribution < 1.29 is 14.3 Å². The van der Waals surface area contributed by atoms with Crippen LogP contribution in [0.3, 0.4) is 0 Å². The zero-order valence-electron chi connectivity index (χ0n) is 22.0. The number of urea groups is 1. The maximum atomic E-state index is 13.5. The summed E-state index contributed by atoms with van der Waals surface area (Å²) >= 11 is 6.02. The van der Waals surface area contributed by atoms with E-state index < -0.39 is 6.03 Å². The summed E-state index contributed by atoms with van der Waals surface area (Å²) < 4.78 is 5.55. The van der Waals surface area contributed by atoms with E-state index in [9.17, 15) is 9.59 Å². The van der Waals surface area contributed by atoms with Gasteiger partial charge < -0.3 is 30.1 Å². The van der Waals surface area contributed by atoms with E-state index in [0.29, 0.717) is 35.1 Å². The summed E-state index contributed by atoms with van der Waals surface area (Å²) in [6.45, 7) is 8.22. The van der Waals surface area contributed by atoms with Gasteiger partial charge in [-0.05, 0) is 62.4 Å². The minimum absolute atomic E-state index is 0.0592. The van der Waals surface area contributed by atoms with Crippen molar-refractivity contribution >= 4 is 46.3 Å². The van der Waals surface area contributed by atoms with Crippen molar-refractivity contribution in [2.45, 2.75) is 13.8 Å². The van der Waals surface area contributed by atoms with Crippen molar-refractivity contribution in [2.75, 3.05) is 66.8 Å². The molecule has 0 atom stereocenters. The maximum Gasteiger partial charge on any atom is 0.323 e. The van der Waals surface area contributed by atoms with Crippen molar-refractivity contribution in [3.63, 3.8) is 0 Å². The van der Waals surface area contributed by atoms with Crippen molar-refractivity contribution in [1.29, 1.82) is 0 Å². The standard InChI is InChI=1S/C29H34ClN5O3/c1-4-33(5-2)28(36)24-20-23(32-29(37)31-22-10-8-9-21(30)19-22)13-14-25(24)34-15-17-35(18-16-34)26-11-6-7-12-27(26)38-3/h6-14,19-20H,4-5,15-18H2,1-3H3,(H2,31,32,37). The zero-order chi connectivity index (χ0) is 27.1. The van der Waals surface area contributed by atoms with Gasteiger partial charge in [-0.15, -0.1) is 0 Å². The van der Waals surface area contributed by atoms with Gasteiger partial charge in [0.1, 0.15) is 5.75 Å². The zero-order valence-corrected chi connectivity index (χ0v) is 22.8. The number of para-hydroxylation sites is 2. The van der Waals surface area contributed by atoms with E-state index in [1.807, 2.05) is 44.2 Å². The van der Waals surface area contributed by atoms with Gasteiger partial charge in [0.05, 0.1) is 18.4 Å². The first kappa shape index (κ1) is 27.1. The molecule has 3 aromatic rings. The summed E-state index contributed by atoms with van der Waals surface area (Å²) in [5, 5.41) is 6.16. The number of carbonyl (C=O) groups excluding carboxylic acids is 2. The fourth-order valence-corrected chi connectivity index (χ4v) is 4.87. The molecule has 4 rings (SSSR count). The third-order valence-corrected chi connectivity index (χ3v) is 6.90. The van der Waals surface area contributed by atoms with Crippen molar-refractivity contribution in [1.82, 2.24) is 4.90 Å². The summed E-state index contributed by atoms with van der Waals surface area (Å²) in [6.07, 6.45) is 0. The molecule has 0 aliphatic carbocycles. The van der Waals surface area contributed by atoms with Gasteiger partial charge in [0.15, 0.2) is 0 Å². The minimum Gasteiger partial charge on any atom is -0.495 e. The largest absolute Gasteiger partial charge is 0.495 e. The number of hydrogen-bond donors (Lipinski definition) is 2. The van der Waals surface area contributed by atoms with Crippen LogP contribution < -0.4 is 25.2 Å². The smallest absolute Gasteiger partial charge is 0.323 e. The van der Waals surface area contributed by atoms with Gasteiger partial charge in [0.2, 0.25) is 0 Å². The molecule has 0 aromatic heterocycles. The third-order valence-electron chi connectivity index (χ3n) is 6.66. The molecule has 3 amide bonds. The van der Waals surface area contributed by atoms with Crippen LogP contribution in [0.4, 0.5) is 27.5 Å². The Morgan fingerprint density at radius 2 is 1.47 bits per heavy atom. The summed E-state index contributed by atoms with van der Waals surface area (Å²) in [7, 11) is 1.69. The first-order valence-corrected chi connectivity index (χ1v) is 13.2. The number of anilines is 4. The molecule has 8 nitrogen and oxygen atoms in total. The number of piperazine rings is 1. The lowest BCUT2D eigenvalue weighted by atomic mass is 10.1. The molecule has 9 heteroatoms. The van der Waals surface area contributed by atoms with Gasteiger partial charge in [-0.1, -0.05) is 29.8 Å². The average molecular weight is 536 g/mol. The lowest BCUT2D eigenvalue weighted by molar-refractivity contribution is 0.0773. The van der Waals surface area contributed by atoms with Gasteiger partial charge in [-0.2, -0.15) is 0 Å². The Hall–Kier alpha value is -3.91. The van der Waals surface area contributed by atoms with Gasteiger partial charge >= 0.3 is 6.03 Å². The van der Waals surface area contributed by atoms with Crippen LogP contribution in [0, 0.1) is 0 Å². The van der Waals surface area contributed by atoms with Crippen LogP contribution >= 0.6 is 11.6 Å². The monoisotopic (exact) mass is 535 g/mol. The topological polar surface area (TPSA) is 77.2 Å². The number of hydrogen-bond acceptors (Lipinski definition) is 5. The number of carbonyl (C=O) groups is 2. The van der Waals surface area contributed by atoms with Crippen molar-refractivity contribution in [3.8, 4) is 5.75 Å². The van der Waals surface area contributed by atoms with E-state index in [1.54, 1.807) is 42.3 Å². The number of amides is 3. The van der Waals surface area contributed by atoms with Crippen LogP contribution in [-0.4, -0.2) is 63.2 Å². The molecule has 0 saturated carbocycles. The fraction of sp³-hybridized carbons (Fsp3) is 0.310. The SMILES string of the molecule is CCN(CC)C(=O)c1cc(NC(=O)Nc2cccc(Cl)c2)ccc1N1CCN(c2ccccc2OC)CC1. The second kappa shape index (κ2) is 12.6. The van der Waals surface area contributed by atoms with E-state index in [-0.39, 0.29) is 5.91 Å². The summed E-state index contributed by atoms with van der Waals surface area (Å²) in [6, 6.07) is 20.1. The second-order valence-electron chi connectivity index (χ2n) is 8.94. The van der Waals surface area contributed by atoms with E-state index in [4.69, 9.17) is 16.3 Å². The number of rotatable bonds is 8. The summed E-state index contributed by atoms with van der Waals surface area (Å²) in [4.78, 5) is 32.5. The normalized spacial score (nSPS) is 13.2. The van der Waals surface area contributed by atoms with Gasteiger partial charge in [-0.3, -0.25) is 4.79 Å². The van der Waals surface area contributed by atoms with Gasteiger partial charge in [0.25, 0.3) is 5.91 Å². The number of ether oxygens (including phenoxy) is 1. The van der Waals surface area contributed by atoms with E-state index in [0.717, 1.165) is 43.3 Å². The predicted octanol–water partition coefficient (Wildman–Crippen LogP) is 5.80. The van der Waals surface area contributed by atoms with Crippen LogP contribution in [0.5, 0.6) is 5.75 Å². The van der Waals surface area contributed by atoms with Crippen LogP contribution in [0.1, 0.15) is 24.2 Å². The quantitative estimate of drug-likeness (QED) is 0.381. The van der Waals surface area contributed by atoms with Crippen LogP contribution in [0.15, 0.2) is 66.7 Å². The Bertz CT molecular complexity index is 1270. The molecular formula is C29H34ClN5O3. The maximum absolute atomic E-state index is 13.5. The van der Waals surface area contributed by atoms with E-state index in [2.05, 4.69) is 26.5 Å². The number of nitrogens with one attached hydrogen (secondary N) is 2. The Morgan fingerprint density at radius 1 is 0.842 bits per heavy atom. The molecule has 2 N–H and O–H groups in total. The van der Waals surface area contributed by atoms with E-state index in [1.165, 1.54) is 0 Å². The molecule has 1 heterocycles. The van der Waals surface area contributed by atoms with Crippen molar-refractivity contribution in [3.05, 3.63) is 77.3 Å². The van der Waals surface area contributed by atoms with Gasteiger partial charge in [0, 0.05) is 61.4 Å². The first-order chi connectivity index (χ1) is 18.4. The molecule has 1 aliphatic heterocycles. The molecule has 0 bridgehead atoms. The molecular weight excluding hydrogens is 502 g/mol. The Kier molecular flexibility index (Phi) is 8.97. The highest BCUT2D eigenvalue weighted by atomic mass is 35.5.